The Morgan fingerprint density at radius 1 is 0.857 bits per heavy atom. The summed E-state index contributed by atoms with van der Waals surface area (Å²) in [5.41, 5.74) is 4.41. The van der Waals surface area contributed by atoms with Gasteiger partial charge < -0.3 is 15.4 Å². The summed E-state index contributed by atoms with van der Waals surface area (Å²) in [5.74, 6) is -0.283. The van der Waals surface area contributed by atoms with Gasteiger partial charge in [-0.15, -0.1) is 10.2 Å². The first kappa shape index (κ1) is 19.0. The second kappa shape index (κ2) is 8.30. The van der Waals surface area contributed by atoms with E-state index in [1.165, 1.54) is 18.2 Å². The standard InChI is InChI=1S/C21H20N4O3/c1-13-4-7-17(12-14(13)2)22-19-11-10-18(24-25-19)20(26)23-16-8-5-15(6-9-16)21(27)28-3/h4-12H,1-3H3,(H,22,25)(H,23,26). The monoisotopic (exact) mass is 376 g/mol. The lowest BCUT2D eigenvalue weighted by Gasteiger charge is -2.08. The van der Waals surface area contributed by atoms with E-state index in [1.54, 1.807) is 36.4 Å². The van der Waals surface area contributed by atoms with Crippen LogP contribution in [0.2, 0.25) is 0 Å². The fraction of sp³-hybridized carbons (Fsp3) is 0.143. The van der Waals surface area contributed by atoms with Crippen LogP contribution in [0.1, 0.15) is 32.0 Å². The molecule has 142 valence electrons. The van der Waals surface area contributed by atoms with Crippen molar-refractivity contribution in [3.8, 4) is 0 Å². The number of carbonyl (C=O) groups excluding carboxylic acids is 2. The largest absolute Gasteiger partial charge is 0.465 e. The van der Waals surface area contributed by atoms with Crippen LogP contribution < -0.4 is 10.6 Å². The Hall–Kier alpha value is -3.74. The fourth-order valence-corrected chi connectivity index (χ4v) is 2.49. The second-order valence-electron chi connectivity index (χ2n) is 6.25. The van der Waals surface area contributed by atoms with Gasteiger partial charge in [-0.05, 0) is 73.5 Å². The van der Waals surface area contributed by atoms with Crippen molar-refractivity contribution in [3.05, 3.63) is 77.0 Å². The number of methoxy groups -OCH3 is 1. The second-order valence-corrected chi connectivity index (χ2v) is 6.25. The van der Waals surface area contributed by atoms with Gasteiger partial charge in [-0.3, -0.25) is 4.79 Å². The van der Waals surface area contributed by atoms with E-state index in [4.69, 9.17) is 0 Å². The maximum absolute atomic E-state index is 12.3. The molecule has 0 unspecified atom stereocenters. The van der Waals surface area contributed by atoms with Crippen LogP contribution in [-0.4, -0.2) is 29.2 Å². The molecule has 3 rings (SSSR count). The van der Waals surface area contributed by atoms with Gasteiger partial charge in [0, 0.05) is 11.4 Å². The van der Waals surface area contributed by atoms with Gasteiger partial charge in [-0.25, -0.2) is 4.79 Å². The third-order valence-corrected chi connectivity index (χ3v) is 4.24. The molecular weight excluding hydrogens is 356 g/mol. The van der Waals surface area contributed by atoms with Crippen molar-refractivity contribution in [1.82, 2.24) is 10.2 Å². The van der Waals surface area contributed by atoms with Crippen molar-refractivity contribution >= 4 is 29.1 Å². The highest BCUT2D eigenvalue weighted by Crippen LogP contribution is 2.18. The minimum Gasteiger partial charge on any atom is -0.465 e. The zero-order chi connectivity index (χ0) is 20.1. The molecule has 0 aliphatic carbocycles. The van der Waals surface area contributed by atoms with E-state index in [0.717, 1.165) is 5.69 Å². The van der Waals surface area contributed by atoms with Crippen LogP contribution in [0, 0.1) is 13.8 Å². The molecule has 1 amide bonds. The molecule has 0 aliphatic heterocycles. The Morgan fingerprint density at radius 3 is 2.18 bits per heavy atom. The van der Waals surface area contributed by atoms with Crippen molar-refractivity contribution < 1.29 is 14.3 Å². The van der Waals surface area contributed by atoms with Crippen LogP contribution in [0.5, 0.6) is 0 Å². The van der Waals surface area contributed by atoms with Crippen LogP contribution in [-0.2, 0) is 4.74 Å². The molecule has 0 radical (unpaired) electrons. The average Bonchev–Trinajstić information content (AvgIpc) is 2.71. The van der Waals surface area contributed by atoms with Crippen molar-refractivity contribution in [1.29, 1.82) is 0 Å². The molecule has 1 heterocycles. The van der Waals surface area contributed by atoms with E-state index in [0.29, 0.717) is 17.1 Å². The number of hydrogen-bond donors (Lipinski definition) is 2. The number of amides is 1. The molecule has 7 nitrogen and oxygen atoms in total. The number of esters is 1. The third-order valence-electron chi connectivity index (χ3n) is 4.24. The van der Waals surface area contributed by atoms with Crippen molar-refractivity contribution in [2.24, 2.45) is 0 Å². The number of benzene rings is 2. The van der Waals surface area contributed by atoms with E-state index in [1.807, 2.05) is 25.1 Å². The topological polar surface area (TPSA) is 93.2 Å². The van der Waals surface area contributed by atoms with Gasteiger partial charge in [0.25, 0.3) is 5.91 Å². The molecule has 2 N–H and O–H groups in total. The first-order valence-electron chi connectivity index (χ1n) is 8.64. The number of rotatable bonds is 5. The molecule has 3 aromatic rings. The quantitative estimate of drug-likeness (QED) is 0.657. The van der Waals surface area contributed by atoms with Crippen molar-refractivity contribution in [2.75, 3.05) is 17.7 Å². The van der Waals surface area contributed by atoms with Gasteiger partial charge in [0.05, 0.1) is 12.7 Å². The highest BCUT2D eigenvalue weighted by Gasteiger charge is 2.10. The first-order valence-corrected chi connectivity index (χ1v) is 8.64. The van der Waals surface area contributed by atoms with Crippen molar-refractivity contribution in [3.63, 3.8) is 0 Å². The van der Waals surface area contributed by atoms with Gasteiger partial charge in [-0.1, -0.05) is 6.07 Å². The van der Waals surface area contributed by atoms with E-state index in [9.17, 15) is 9.59 Å². The maximum atomic E-state index is 12.3. The molecular formula is C21H20N4O3. The molecule has 0 bridgehead atoms. The zero-order valence-corrected chi connectivity index (χ0v) is 15.8. The van der Waals surface area contributed by atoms with Crippen LogP contribution in [0.15, 0.2) is 54.6 Å². The molecule has 7 heteroatoms. The third kappa shape index (κ3) is 4.50. The number of nitrogens with one attached hydrogen (secondary N) is 2. The summed E-state index contributed by atoms with van der Waals surface area (Å²) in [7, 11) is 1.31. The lowest BCUT2D eigenvalue weighted by molar-refractivity contribution is 0.0600. The van der Waals surface area contributed by atoms with Crippen LogP contribution >= 0.6 is 0 Å². The highest BCUT2D eigenvalue weighted by atomic mass is 16.5. The number of aryl methyl sites for hydroxylation is 2. The maximum Gasteiger partial charge on any atom is 0.337 e. The van der Waals surface area contributed by atoms with Crippen molar-refractivity contribution in [2.45, 2.75) is 13.8 Å². The Labute approximate surface area is 162 Å². The molecule has 0 saturated carbocycles. The van der Waals surface area contributed by atoms with E-state index in [2.05, 4.69) is 32.5 Å². The molecule has 0 saturated heterocycles. The summed E-state index contributed by atoms with van der Waals surface area (Å²) < 4.78 is 4.64. The number of nitrogens with zero attached hydrogens (tertiary/aromatic N) is 2. The first-order chi connectivity index (χ1) is 13.5. The number of carbonyl (C=O) groups is 2. The minimum atomic E-state index is -0.435. The molecule has 1 aromatic heterocycles. The predicted octanol–water partition coefficient (Wildman–Crippen LogP) is 3.88. The molecule has 0 aliphatic rings. The molecule has 0 spiro atoms. The van der Waals surface area contributed by atoms with Crippen LogP contribution in [0.25, 0.3) is 0 Å². The van der Waals surface area contributed by atoms with Gasteiger partial charge in [0.1, 0.15) is 0 Å². The summed E-state index contributed by atoms with van der Waals surface area (Å²) in [6.45, 7) is 4.09. The summed E-state index contributed by atoms with van der Waals surface area (Å²) in [6, 6.07) is 15.7. The van der Waals surface area contributed by atoms with Crippen LogP contribution in [0.3, 0.4) is 0 Å². The normalized spacial score (nSPS) is 10.2. The summed E-state index contributed by atoms with van der Waals surface area (Å²) in [5, 5.41) is 13.9. The number of ether oxygens (including phenoxy) is 1. The fourth-order valence-electron chi connectivity index (χ4n) is 2.49. The lowest BCUT2D eigenvalue weighted by Crippen LogP contribution is -2.14. The van der Waals surface area contributed by atoms with Gasteiger partial charge >= 0.3 is 5.97 Å². The van der Waals surface area contributed by atoms with Gasteiger partial charge in [0.15, 0.2) is 11.5 Å². The SMILES string of the molecule is COC(=O)c1ccc(NC(=O)c2ccc(Nc3ccc(C)c(C)c3)nn2)cc1. The number of aromatic nitrogens is 2. The van der Waals surface area contributed by atoms with Crippen LogP contribution in [0.4, 0.5) is 17.2 Å². The summed E-state index contributed by atoms with van der Waals surface area (Å²) >= 11 is 0. The van der Waals surface area contributed by atoms with Gasteiger partial charge in [0.2, 0.25) is 0 Å². The van der Waals surface area contributed by atoms with E-state index >= 15 is 0 Å². The summed E-state index contributed by atoms with van der Waals surface area (Å²) in [4.78, 5) is 23.7. The predicted molar refractivity (Wildman–Crippen MR) is 107 cm³/mol. The minimum absolute atomic E-state index is 0.183. The molecule has 0 atom stereocenters. The Kier molecular flexibility index (Phi) is 5.64. The summed E-state index contributed by atoms with van der Waals surface area (Å²) in [6.07, 6.45) is 0. The number of anilines is 3. The smallest absolute Gasteiger partial charge is 0.337 e. The van der Waals surface area contributed by atoms with Gasteiger partial charge in [-0.2, -0.15) is 0 Å². The highest BCUT2D eigenvalue weighted by molar-refractivity contribution is 6.03. The lowest BCUT2D eigenvalue weighted by atomic mass is 10.1. The molecule has 28 heavy (non-hydrogen) atoms. The van der Waals surface area contributed by atoms with E-state index < -0.39 is 11.9 Å². The van der Waals surface area contributed by atoms with E-state index in [-0.39, 0.29) is 5.69 Å². The Morgan fingerprint density at radius 2 is 1.57 bits per heavy atom. The Balaban J connectivity index is 1.64. The molecule has 0 fully saturated rings. The zero-order valence-electron chi connectivity index (χ0n) is 15.8. The number of hydrogen-bond acceptors (Lipinski definition) is 6. The average molecular weight is 376 g/mol. The Bertz CT molecular complexity index is 999. The molecule has 2 aromatic carbocycles.